The minimum Gasteiger partial charge on any atom is -0.506 e. The number of piperidine rings is 2. The molecule has 0 radical (unpaired) electrons. The molecule has 4 aliphatic heterocycles. The summed E-state index contributed by atoms with van der Waals surface area (Å²) in [7, 11) is 2.10. The first kappa shape index (κ1) is 35.3. The average Bonchev–Trinajstić information content (AvgIpc) is 3.09. The van der Waals surface area contributed by atoms with E-state index >= 15 is 0 Å². The number of hydrogen-bond donors (Lipinski definition) is 2. The Morgan fingerprint density at radius 2 is 1.57 bits per heavy atom. The van der Waals surface area contributed by atoms with E-state index in [1.165, 1.54) is 6.07 Å². The number of nitrogens with zero attached hydrogens (tertiary/aromatic N) is 5. The highest BCUT2D eigenvalue weighted by Gasteiger charge is 2.38. The number of benzene rings is 2. The number of phenolic OH excluding ortho intramolecular Hbond substituents is 1. The van der Waals surface area contributed by atoms with Crippen molar-refractivity contribution in [3.8, 4) is 5.75 Å². The van der Waals surface area contributed by atoms with Crippen molar-refractivity contribution >= 4 is 35.1 Å². The second-order valence-corrected chi connectivity index (χ2v) is 14.2. The number of anilines is 1. The number of rotatable bonds is 7. The molecule has 4 heterocycles. The zero-order chi connectivity index (χ0) is 34.9. The molecule has 0 saturated carbocycles. The van der Waals surface area contributed by atoms with Gasteiger partial charge in [0.2, 0.25) is 11.8 Å². The first-order valence-electron chi connectivity index (χ1n) is 17.1. The first-order chi connectivity index (χ1) is 23.4. The molecule has 2 N–H and O–H groups in total. The number of phenols is 1. The van der Waals surface area contributed by atoms with E-state index in [2.05, 4.69) is 22.2 Å². The summed E-state index contributed by atoms with van der Waals surface area (Å²) < 4.78 is 41.2. The van der Waals surface area contributed by atoms with E-state index in [1.807, 2.05) is 24.3 Å². The fourth-order valence-electron chi connectivity index (χ4n) is 7.70. The Kier molecular flexibility index (Phi) is 10.6. The van der Waals surface area contributed by atoms with Crippen LogP contribution in [0, 0.1) is 5.92 Å². The van der Waals surface area contributed by atoms with Gasteiger partial charge in [0.1, 0.15) is 5.75 Å². The minimum absolute atomic E-state index is 0.0589. The lowest BCUT2D eigenvalue weighted by atomic mass is 9.91. The van der Waals surface area contributed by atoms with E-state index in [4.69, 9.17) is 11.6 Å². The highest BCUT2D eigenvalue weighted by atomic mass is 35.5. The van der Waals surface area contributed by atoms with Crippen LogP contribution >= 0.6 is 11.6 Å². The van der Waals surface area contributed by atoms with Crippen LogP contribution in [0.5, 0.6) is 5.75 Å². The second-order valence-electron chi connectivity index (χ2n) is 13.8. The van der Waals surface area contributed by atoms with Gasteiger partial charge in [0.15, 0.2) is 0 Å². The topological polar surface area (TPSA) is 99.7 Å². The molecule has 0 bridgehead atoms. The molecule has 2 aromatic carbocycles. The number of halogens is 4. The minimum atomic E-state index is -4.85. The number of likely N-dealkylation sites (N-methyl/N-ethyl adjacent to an activating group) is 1. The van der Waals surface area contributed by atoms with Gasteiger partial charge in [0.25, 0.3) is 0 Å². The Morgan fingerprint density at radius 3 is 2.24 bits per heavy atom. The van der Waals surface area contributed by atoms with Gasteiger partial charge in [-0.15, -0.1) is 0 Å². The molecule has 2 aromatic rings. The van der Waals surface area contributed by atoms with Crippen molar-refractivity contribution in [2.45, 2.75) is 63.3 Å². The molecule has 14 heteroatoms. The SMILES string of the molecule is CN1CCN(C2CCN(C(=O)[C@H](CC(=O)N3CCC(N4Cc5ccccc5NC4=O)CC3)Cc3cc(Cl)c(O)c(C(F)(F)F)c3)CC2)CC1. The summed E-state index contributed by atoms with van der Waals surface area (Å²) in [6.07, 6.45) is -2.41. The van der Waals surface area contributed by atoms with E-state index in [0.29, 0.717) is 51.6 Å². The van der Waals surface area contributed by atoms with E-state index in [1.54, 1.807) is 14.7 Å². The molecule has 6 rings (SSSR count). The first-order valence-corrected chi connectivity index (χ1v) is 17.5. The third-order valence-electron chi connectivity index (χ3n) is 10.6. The van der Waals surface area contributed by atoms with Gasteiger partial charge in [-0.2, -0.15) is 13.2 Å². The second kappa shape index (κ2) is 14.7. The lowest BCUT2D eigenvalue weighted by Crippen LogP contribution is -2.54. The molecule has 266 valence electrons. The predicted octanol–water partition coefficient (Wildman–Crippen LogP) is 4.89. The number of nitrogens with one attached hydrogen (secondary N) is 1. The van der Waals surface area contributed by atoms with Gasteiger partial charge in [-0.25, -0.2) is 4.79 Å². The summed E-state index contributed by atoms with van der Waals surface area (Å²) in [5, 5.41) is 12.5. The molecule has 4 amide bonds. The van der Waals surface area contributed by atoms with Crippen molar-refractivity contribution in [2.24, 2.45) is 5.92 Å². The average molecular weight is 705 g/mol. The smallest absolute Gasteiger partial charge is 0.420 e. The fraction of sp³-hybridized carbons (Fsp3) is 0.571. The highest BCUT2D eigenvalue weighted by Crippen LogP contribution is 2.41. The third kappa shape index (κ3) is 8.10. The van der Waals surface area contributed by atoms with E-state index in [-0.39, 0.29) is 42.3 Å². The fourth-order valence-corrected chi connectivity index (χ4v) is 7.94. The van der Waals surface area contributed by atoms with Gasteiger partial charge in [0, 0.05) is 83.1 Å². The molecule has 10 nitrogen and oxygen atoms in total. The number of piperazine rings is 1. The molecule has 49 heavy (non-hydrogen) atoms. The van der Waals surface area contributed by atoms with Crippen molar-refractivity contribution in [3.63, 3.8) is 0 Å². The quantitative estimate of drug-likeness (QED) is 0.426. The van der Waals surface area contributed by atoms with E-state index in [9.17, 15) is 32.7 Å². The molecule has 0 aromatic heterocycles. The maximum Gasteiger partial charge on any atom is 0.420 e. The number of likely N-dealkylation sites (tertiary alicyclic amines) is 2. The molecular weight excluding hydrogens is 661 g/mol. The largest absolute Gasteiger partial charge is 0.506 e. The number of fused-ring (bicyclic) bond motifs is 1. The Labute approximate surface area is 289 Å². The van der Waals surface area contributed by atoms with Crippen LogP contribution in [-0.4, -0.2) is 119 Å². The summed E-state index contributed by atoms with van der Waals surface area (Å²) in [6, 6.07) is 9.84. The molecule has 3 saturated heterocycles. The Balaban J connectivity index is 1.13. The standard InChI is InChI=1S/C35H44ClF3N6O4/c1-41-14-16-42(17-15-41)26-6-12-44(13-7-26)33(48)25(18-23-19-28(35(37,38)39)32(47)29(36)20-23)21-31(46)43-10-8-27(9-11-43)45-22-24-4-2-3-5-30(24)40-34(45)49/h2-5,19-20,25-27,47H,6-18,21-22H2,1H3,(H,40,49)/t25-/m0/s1. The molecular formula is C35H44ClF3N6O4. The summed E-state index contributed by atoms with van der Waals surface area (Å²) in [5.41, 5.74) is 0.682. The number of carbonyl (C=O) groups is 3. The third-order valence-corrected chi connectivity index (χ3v) is 10.9. The van der Waals surface area contributed by atoms with Crippen LogP contribution in [0.2, 0.25) is 5.02 Å². The van der Waals surface area contributed by atoms with Crippen molar-refractivity contribution in [1.29, 1.82) is 0 Å². The van der Waals surface area contributed by atoms with Crippen LogP contribution in [0.3, 0.4) is 0 Å². The van der Waals surface area contributed by atoms with Gasteiger partial charge in [-0.3, -0.25) is 14.5 Å². The normalized spacial score (nSPS) is 21.0. The van der Waals surface area contributed by atoms with Crippen LogP contribution in [0.25, 0.3) is 0 Å². The van der Waals surface area contributed by atoms with Gasteiger partial charge >= 0.3 is 12.2 Å². The lowest BCUT2D eigenvalue weighted by molar-refractivity contribution is -0.143. The molecule has 0 aliphatic carbocycles. The van der Waals surface area contributed by atoms with E-state index < -0.39 is 28.4 Å². The maximum atomic E-state index is 14.1. The Bertz CT molecular complexity index is 1540. The summed E-state index contributed by atoms with van der Waals surface area (Å²) in [5.74, 6) is -2.48. The van der Waals surface area contributed by atoms with Crippen LogP contribution in [0.1, 0.15) is 48.8 Å². The molecule has 0 unspecified atom stereocenters. The summed E-state index contributed by atoms with van der Waals surface area (Å²) in [4.78, 5) is 50.7. The zero-order valence-corrected chi connectivity index (χ0v) is 28.5. The van der Waals surface area contributed by atoms with Crippen molar-refractivity contribution in [1.82, 2.24) is 24.5 Å². The van der Waals surface area contributed by atoms with Gasteiger partial charge < -0.3 is 30.0 Å². The number of aromatic hydroxyl groups is 1. The summed E-state index contributed by atoms with van der Waals surface area (Å²) >= 11 is 6.02. The molecule has 3 fully saturated rings. The Morgan fingerprint density at radius 1 is 0.939 bits per heavy atom. The van der Waals surface area contributed by atoms with Gasteiger partial charge in [0.05, 0.1) is 16.5 Å². The zero-order valence-electron chi connectivity index (χ0n) is 27.7. The van der Waals surface area contributed by atoms with Gasteiger partial charge in [-0.05, 0) is 68.5 Å². The van der Waals surface area contributed by atoms with Crippen LogP contribution in [0.15, 0.2) is 36.4 Å². The number of hydrogen-bond acceptors (Lipinski definition) is 6. The highest BCUT2D eigenvalue weighted by molar-refractivity contribution is 6.32. The Hall–Kier alpha value is -3.55. The number of para-hydroxylation sites is 1. The van der Waals surface area contributed by atoms with E-state index in [0.717, 1.165) is 56.3 Å². The molecule has 4 aliphatic rings. The summed E-state index contributed by atoms with van der Waals surface area (Å²) in [6.45, 7) is 6.24. The molecule has 0 spiro atoms. The van der Waals surface area contributed by atoms with Crippen LogP contribution in [-0.2, 0) is 28.7 Å². The number of alkyl halides is 3. The van der Waals surface area contributed by atoms with Crippen LogP contribution in [0.4, 0.5) is 23.7 Å². The predicted molar refractivity (Wildman–Crippen MR) is 179 cm³/mol. The van der Waals surface area contributed by atoms with Crippen molar-refractivity contribution < 1.29 is 32.7 Å². The van der Waals surface area contributed by atoms with Crippen LogP contribution < -0.4 is 5.32 Å². The lowest BCUT2D eigenvalue weighted by Gasteiger charge is -2.43. The number of urea groups is 1. The van der Waals surface area contributed by atoms with Gasteiger partial charge in [-0.1, -0.05) is 29.8 Å². The maximum absolute atomic E-state index is 14.1. The monoisotopic (exact) mass is 704 g/mol. The molecule has 1 atom stereocenters. The van der Waals surface area contributed by atoms with Crippen molar-refractivity contribution in [3.05, 3.63) is 58.1 Å². The number of amides is 4. The number of carbonyl (C=O) groups excluding carboxylic acids is 3. The van der Waals surface area contributed by atoms with Crippen molar-refractivity contribution in [2.75, 3.05) is 64.7 Å².